The number of unbranched alkanes of at least 4 members (excludes halogenated alkanes) is 16. The molecule has 0 radical (unpaired) electrons. The van der Waals surface area contributed by atoms with Crippen molar-refractivity contribution in [3.05, 3.63) is 12.2 Å². The minimum atomic E-state index is -0.524. The largest absolute Gasteiger partial charge is 0.457 e. The third kappa shape index (κ3) is 23.8. The van der Waals surface area contributed by atoms with Crippen LogP contribution in [0.25, 0.3) is 0 Å². The quantitative estimate of drug-likeness (QED) is 0.0864. The van der Waals surface area contributed by atoms with E-state index in [1.54, 1.807) is 6.92 Å². The molecule has 1 unspecified atom stereocenters. The van der Waals surface area contributed by atoms with Crippen molar-refractivity contribution in [3.8, 4) is 0 Å². The molecule has 0 aliphatic carbocycles. The Bertz CT molecular complexity index is 408. The van der Waals surface area contributed by atoms with Gasteiger partial charge in [0.1, 0.15) is 6.10 Å². The molecule has 0 aliphatic heterocycles. The molecule has 32 heavy (non-hydrogen) atoms. The molecule has 0 amide bonds. The number of esters is 1. The van der Waals surface area contributed by atoms with Crippen LogP contribution < -0.4 is 0 Å². The van der Waals surface area contributed by atoms with E-state index >= 15 is 0 Å². The van der Waals surface area contributed by atoms with Crippen LogP contribution >= 0.6 is 0 Å². The highest BCUT2D eigenvalue weighted by Crippen LogP contribution is 2.12. The molecule has 0 aromatic heterocycles. The Labute approximate surface area is 199 Å². The molecular weight excluding hydrogens is 400 g/mol. The molecule has 0 fully saturated rings. The molecule has 1 N–H and O–H groups in total. The highest BCUT2D eigenvalue weighted by atomic mass is 16.6. The molecule has 0 saturated carbocycles. The van der Waals surface area contributed by atoms with Gasteiger partial charge in [-0.1, -0.05) is 109 Å². The zero-order valence-electron chi connectivity index (χ0n) is 21.5. The topological polar surface area (TPSA) is 55.8 Å². The summed E-state index contributed by atoms with van der Waals surface area (Å²) in [7, 11) is 0. The van der Waals surface area contributed by atoms with Crippen LogP contribution in [0.15, 0.2) is 12.2 Å². The maximum absolute atomic E-state index is 11.2. The van der Waals surface area contributed by atoms with Gasteiger partial charge in [-0.2, -0.15) is 0 Å². The second-order valence-corrected chi connectivity index (χ2v) is 9.07. The number of ether oxygens (including phenoxy) is 2. The molecule has 0 saturated heterocycles. The lowest BCUT2D eigenvalue weighted by molar-refractivity contribution is -0.154. The van der Waals surface area contributed by atoms with Crippen molar-refractivity contribution in [3.63, 3.8) is 0 Å². The monoisotopic (exact) mass is 454 g/mol. The molecule has 0 spiro atoms. The summed E-state index contributed by atoms with van der Waals surface area (Å²) in [6.07, 6.45) is 28.5. The Morgan fingerprint density at radius 2 is 1.19 bits per heavy atom. The maximum Gasteiger partial charge on any atom is 0.305 e. The SMILES string of the molecule is CCCCCCCC/C=C\CCCCCCCCCCCCOCC(CO)OC(=O)CC. The van der Waals surface area contributed by atoms with Crippen LogP contribution in [0.5, 0.6) is 0 Å². The molecule has 4 nitrogen and oxygen atoms in total. The second-order valence-electron chi connectivity index (χ2n) is 9.07. The molecule has 190 valence electrons. The number of aliphatic hydroxyl groups is 1. The third-order valence-electron chi connectivity index (χ3n) is 5.89. The molecule has 4 heteroatoms. The lowest BCUT2D eigenvalue weighted by Crippen LogP contribution is -2.27. The molecule has 1 atom stereocenters. The lowest BCUT2D eigenvalue weighted by Gasteiger charge is -2.15. The first-order valence-electron chi connectivity index (χ1n) is 13.8. The van der Waals surface area contributed by atoms with Gasteiger partial charge in [0.05, 0.1) is 13.2 Å². The van der Waals surface area contributed by atoms with Crippen molar-refractivity contribution in [1.29, 1.82) is 0 Å². The van der Waals surface area contributed by atoms with E-state index in [2.05, 4.69) is 19.1 Å². The average molecular weight is 455 g/mol. The van der Waals surface area contributed by atoms with Gasteiger partial charge >= 0.3 is 5.97 Å². The van der Waals surface area contributed by atoms with Crippen LogP contribution in [-0.2, 0) is 14.3 Å². The van der Waals surface area contributed by atoms with Crippen molar-refractivity contribution >= 4 is 5.97 Å². The molecule has 0 heterocycles. The molecule has 0 aliphatic rings. The van der Waals surface area contributed by atoms with Gasteiger partial charge < -0.3 is 14.6 Å². The van der Waals surface area contributed by atoms with Crippen LogP contribution in [0.1, 0.15) is 136 Å². The summed E-state index contributed by atoms with van der Waals surface area (Å²) in [6, 6.07) is 0. The van der Waals surface area contributed by atoms with Crippen molar-refractivity contribution in [2.24, 2.45) is 0 Å². The van der Waals surface area contributed by atoms with Crippen LogP contribution in [0.3, 0.4) is 0 Å². The summed E-state index contributed by atoms with van der Waals surface area (Å²) in [5.41, 5.74) is 0. The fraction of sp³-hybridized carbons (Fsp3) is 0.893. The molecule has 0 aromatic rings. The Morgan fingerprint density at radius 1 is 0.719 bits per heavy atom. The van der Waals surface area contributed by atoms with Gasteiger partial charge in [0.2, 0.25) is 0 Å². The van der Waals surface area contributed by atoms with Crippen LogP contribution in [0, 0.1) is 0 Å². The maximum atomic E-state index is 11.2. The first kappa shape index (κ1) is 31.1. The number of carbonyl (C=O) groups excluding carboxylic acids is 1. The molecule has 0 aromatic carbocycles. The minimum absolute atomic E-state index is 0.179. The van der Waals surface area contributed by atoms with E-state index in [-0.39, 0.29) is 19.2 Å². The van der Waals surface area contributed by atoms with E-state index in [0.717, 1.165) is 6.42 Å². The number of allylic oxidation sites excluding steroid dienone is 2. The van der Waals surface area contributed by atoms with Gasteiger partial charge in [0, 0.05) is 13.0 Å². The normalized spacial score (nSPS) is 12.5. The summed E-state index contributed by atoms with van der Waals surface area (Å²) < 4.78 is 10.6. The van der Waals surface area contributed by atoms with E-state index in [4.69, 9.17) is 9.47 Å². The van der Waals surface area contributed by atoms with E-state index in [1.165, 1.54) is 109 Å². The third-order valence-corrected chi connectivity index (χ3v) is 5.89. The second kappa shape index (κ2) is 26.4. The summed E-state index contributed by atoms with van der Waals surface area (Å²) in [6.45, 7) is 4.80. The standard InChI is InChI=1S/C28H54O4/c1-3-5-6-7-8-9-10-11-12-13-14-15-16-17-18-19-20-21-22-23-24-31-26-27(25-29)32-28(30)4-2/h11-12,27,29H,3-10,13-26H2,1-2H3/b12-11-. The highest BCUT2D eigenvalue weighted by molar-refractivity contribution is 5.69. The van der Waals surface area contributed by atoms with Gasteiger partial charge in [-0.3, -0.25) is 4.79 Å². The summed E-state index contributed by atoms with van der Waals surface area (Å²) in [5.74, 6) is -0.289. The van der Waals surface area contributed by atoms with E-state index < -0.39 is 6.10 Å². The first-order chi connectivity index (χ1) is 15.7. The number of carbonyl (C=O) groups is 1. The molecule has 0 rings (SSSR count). The summed E-state index contributed by atoms with van der Waals surface area (Å²) >= 11 is 0. The fourth-order valence-electron chi connectivity index (χ4n) is 3.77. The van der Waals surface area contributed by atoms with E-state index in [1.807, 2.05) is 0 Å². The molecule has 0 bridgehead atoms. The van der Waals surface area contributed by atoms with Gasteiger partial charge in [-0.25, -0.2) is 0 Å². The predicted octanol–water partition coefficient (Wildman–Crippen LogP) is 7.92. The minimum Gasteiger partial charge on any atom is -0.457 e. The fourth-order valence-corrected chi connectivity index (χ4v) is 3.77. The first-order valence-corrected chi connectivity index (χ1v) is 13.8. The zero-order valence-corrected chi connectivity index (χ0v) is 21.5. The predicted molar refractivity (Wildman–Crippen MR) is 136 cm³/mol. The summed E-state index contributed by atoms with van der Waals surface area (Å²) in [5, 5.41) is 9.18. The zero-order chi connectivity index (χ0) is 23.5. The number of hydrogen-bond donors (Lipinski definition) is 1. The number of rotatable bonds is 25. The lowest BCUT2D eigenvalue weighted by atomic mass is 10.1. The van der Waals surface area contributed by atoms with Gasteiger partial charge in [-0.05, 0) is 32.1 Å². The highest BCUT2D eigenvalue weighted by Gasteiger charge is 2.12. The summed E-state index contributed by atoms with van der Waals surface area (Å²) in [4.78, 5) is 11.2. The van der Waals surface area contributed by atoms with Gasteiger partial charge in [0.15, 0.2) is 0 Å². The van der Waals surface area contributed by atoms with Crippen LogP contribution in [0.2, 0.25) is 0 Å². The van der Waals surface area contributed by atoms with E-state index in [0.29, 0.717) is 13.0 Å². The van der Waals surface area contributed by atoms with Crippen LogP contribution in [0.4, 0.5) is 0 Å². The Kier molecular flexibility index (Phi) is 25.7. The van der Waals surface area contributed by atoms with Gasteiger partial charge in [0.25, 0.3) is 0 Å². The Hall–Kier alpha value is -0.870. The molecular formula is C28H54O4. The number of hydrogen-bond acceptors (Lipinski definition) is 4. The van der Waals surface area contributed by atoms with Crippen molar-refractivity contribution < 1.29 is 19.4 Å². The van der Waals surface area contributed by atoms with Crippen molar-refractivity contribution in [2.75, 3.05) is 19.8 Å². The van der Waals surface area contributed by atoms with Crippen LogP contribution in [-0.4, -0.2) is 37.0 Å². The number of aliphatic hydroxyl groups excluding tert-OH is 1. The van der Waals surface area contributed by atoms with Gasteiger partial charge in [-0.15, -0.1) is 0 Å². The Morgan fingerprint density at radius 3 is 1.66 bits per heavy atom. The van der Waals surface area contributed by atoms with E-state index in [9.17, 15) is 9.90 Å². The van der Waals surface area contributed by atoms with Crippen molar-refractivity contribution in [2.45, 2.75) is 142 Å². The smallest absolute Gasteiger partial charge is 0.305 e. The average Bonchev–Trinajstić information content (AvgIpc) is 2.81. The van der Waals surface area contributed by atoms with Crippen molar-refractivity contribution in [1.82, 2.24) is 0 Å². The Balaban J connectivity index is 3.22.